The van der Waals surface area contributed by atoms with E-state index < -0.39 is 6.16 Å². The van der Waals surface area contributed by atoms with Crippen LogP contribution in [0, 0.1) is 0 Å². The van der Waals surface area contributed by atoms with E-state index in [1.54, 1.807) is 0 Å². The van der Waals surface area contributed by atoms with Gasteiger partial charge in [-0.05, 0) is 19.3 Å². The van der Waals surface area contributed by atoms with Crippen molar-refractivity contribution in [3.8, 4) is 0 Å². The zero-order valence-electron chi connectivity index (χ0n) is 8.70. The third-order valence-electron chi connectivity index (χ3n) is 2.20. The molecule has 0 heterocycles. The number of allylic oxidation sites excluding steroid dienone is 1. The topological polar surface area (TPSA) is 35.5 Å². The highest BCUT2D eigenvalue weighted by Gasteiger charge is 2.15. The van der Waals surface area contributed by atoms with Gasteiger partial charge < -0.3 is 9.47 Å². The van der Waals surface area contributed by atoms with Gasteiger partial charge in [0.05, 0.1) is 6.61 Å². The van der Waals surface area contributed by atoms with Crippen molar-refractivity contribution in [3.05, 3.63) is 12.2 Å². The average Bonchev–Trinajstić information content (AvgIpc) is 2.20. The van der Waals surface area contributed by atoms with E-state index in [0.717, 1.165) is 32.1 Å². The minimum atomic E-state index is -0.515. The Balaban J connectivity index is 2.10. The van der Waals surface area contributed by atoms with Crippen LogP contribution < -0.4 is 0 Å². The second-order valence-corrected chi connectivity index (χ2v) is 3.48. The summed E-state index contributed by atoms with van der Waals surface area (Å²) in [7, 11) is 0. The number of rotatable bonds is 4. The summed E-state index contributed by atoms with van der Waals surface area (Å²) in [6.07, 6.45) is 8.33. The second kappa shape index (κ2) is 6.46. The normalized spacial score (nSPS) is 20.5. The number of ether oxygens (including phenoxy) is 2. The summed E-state index contributed by atoms with van der Waals surface area (Å²) in [6, 6.07) is 0. The number of hydrogen-bond acceptors (Lipinski definition) is 3. The van der Waals surface area contributed by atoms with E-state index in [0.29, 0.717) is 6.61 Å². The quantitative estimate of drug-likeness (QED) is 0.395. The number of unbranched alkanes of at least 4 members (excludes halogenated alkanes) is 1. The van der Waals surface area contributed by atoms with Crippen molar-refractivity contribution in [3.63, 3.8) is 0 Å². The van der Waals surface area contributed by atoms with Crippen LogP contribution in [0.2, 0.25) is 0 Å². The van der Waals surface area contributed by atoms with Gasteiger partial charge in [0.15, 0.2) is 0 Å². The molecule has 0 aromatic rings. The van der Waals surface area contributed by atoms with Crippen LogP contribution in [0.5, 0.6) is 0 Å². The van der Waals surface area contributed by atoms with Crippen LogP contribution in [0.3, 0.4) is 0 Å². The Kier molecular flexibility index (Phi) is 5.12. The van der Waals surface area contributed by atoms with Crippen LogP contribution in [-0.2, 0) is 9.47 Å². The molecule has 1 rings (SSSR count). The van der Waals surface area contributed by atoms with Gasteiger partial charge in [-0.2, -0.15) is 0 Å². The summed E-state index contributed by atoms with van der Waals surface area (Å²) in [5.74, 6) is 0. The lowest BCUT2D eigenvalue weighted by atomic mass is 10.1. The lowest BCUT2D eigenvalue weighted by Gasteiger charge is -2.17. The molecule has 0 saturated heterocycles. The first kappa shape index (κ1) is 11.1. The smallest absolute Gasteiger partial charge is 0.434 e. The Bertz CT molecular complexity index is 199. The van der Waals surface area contributed by atoms with Crippen molar-refractivity contribution in [2.24, 2.45) is 0 Å². The third-order valence-corrected chi connectivity index (χ3v) is 2.20. The first-order valence-corrected chi connectivity index (χ1v) is 5.31. The first-order chi connectivity index (χ1) is 6.83. The summed E-state index contributed by atoms with van der Waals surface area (Å²) < 4.78 is 10.0. The minimum Gasteiger partial charge on any atom is -0.434 e. The van der Waals surface area contributed by atoms with E-state index in [2.05, 4.69) is 13.0 Å². The second-order valence-electron chi connectivity index (χ2n) is 3.48. The molecule has 0 N–H and O–H groups in total. The van der Waals surface area contributed by atoms with E-state index in [4.69, 9.17) is 9.47 Å². The molecule has 3 heteroatoms. The molecular formula is C11H18O3. The summed E-state index contributed by atoms with van der Waals surface area (Å²) in [6.45, 7) is 2.53. The lowest BCUT2D eigenvalue weighted by Crippen LogP contribution is -2.20. The molecule has 0 fully saturated rings. The van der Waals surface area contributed by atoms with E-state index in [-0.39, 0.29) is 6.10 Å². The van der Waals surface area contributed by atoms with Crippen molar-refractivity contribution in [2.75, 3.05) is 6.61 Å². The molecule has 0 spiro atoms. The first-order valence-electron chi connectivity index (χ1n) is 5.31. The summed E-state index contributed by atoms with van der Waals surface area (Å²) in [4.78, 5) is 11.1. The minimum absolute atomic E-state index is 0.0223. The van der Waals surface area contributed by atoms with Gasteiger partial charge in [-0.3, -0.25) is 0 Å². The zero-order valence-corrected chi connectivity index (χ0v) is 8.70. The van der Waals surface area contributed by atoms with Crippen molar-refractivity contribution in [1.82, 2.24) is 0 Å². The lowest BCUT2D eigenvalue weighted by molar-refractivity contribution is 0.0202. The highest BCUT2D eigenvalue weighted by atomic mass is 16.7. The molecular weight excluding hydrogens is 180 g/mol. The summed E-state index contributed by atoms with van der Waals surface area (Å²) in [5, 5.41) is 0. The standard InChI is InChI=1S/C11H18O3/c1-2-3-9-13-11(12)14-10-7-5-4-6-8-10/h4-5,10H,2-3,6-9H2,1H3. The Labute approximate surface area is 85.1 Å². The van der Waals surface area contributed by atoms with Gasteiger partial charge in [-0.25, -0.2) is 4.79 Å². The predicted molar refractivity (Wildman–Crippen MR) is 54.1 cm³/mol. The zero-order chi connectivity index (χ0) is 10.2. The van der Waals surface area contributed by atoms with Crippen LogP contribution in [-0.4, -0.2) is 18.9 Å². The molecule has 0 radical (unpaired) electrons. The Morgan fingerprint density at radius 1 is 1.50 bits per heavy atom. The molecule has 1 atom stereocenters. The number of carbonyl (C=O) groups excluding carboxylic acids is 1. The fraction of sp³-hybridized carbons (Fsp3) is 0.727. The van der Waals surface area contributed by atoms with E-state index in [1.165, 1.54) is 0 Å². The Morgan fingerprint density at radius 2 is 2.36 bits per heavy atom. The summed E-state index contributed by atoms with van der Waals surface area (Å²) in [5.41, 5.74) is 0. The highest BCUT2D eigenvalue weighted by Crippen LogP contribution is 2.14. The van der Waals surface area contributed by atoms with Gasteiger partial charge in [0.1, 0.15) is 6.10 Å². The fourth-order valence-electron chi connectivity index (χ4n) is 1.34. The summed E-state index contributed by atoms with van der Waals surface area (Å²) >= 11 is 0. The number of hydrogen-bond donors (Lipinski definition) is 0. The largest absolute Gasteiger partial charge is 0.508 e. The van der Waals surface area contributed by atoms with Crippen LogP contribution in [0.25, 0.3) is 0 Å². The van der Waals surface area contributed by atoms with E-state index in [9.17, 15) is 4.79 Å². The maximum Gasteiger partial charge on any atom is 0.508 e. The molecule has 0 aromatic heterocycles. The molecule has 14 heavy (non-hydrogen) atoms. The molecule has 0 bridgehead atoms. The fourth-order valence-corrected chi connectivity index (χ4v) is 1.34. The van der Waals surface area contributed by atoms with Crippen LogP contribution in [0.4, 0.5) is 4.79 Å². The molecule has 80 valence electrons. The molecule has 1 aliphatic carbocycles. The van der Waals surface area contributed by atoms with Crippen molar-refractivity contribution >= 4 is 6.16 Å². The van der Waals surface area contributed by atoms with Crippen molar-refractivity contribution in [2.45, 2.75) is 45.1 Å². The van der Waals surface area contributed by atoms with Gasteiger partial charge in [-0.15, -0.1) is 0 Å². The van der Waals surface area contributed by atoms with Crippen LogP contribution >= 0.6 is 0 Å². The maximum atomic E-state index is 11.1. The predicted octanol–water partition coefficient (Wildman–Crippen LogP) is 3.05. The molecule has 1 unspecified atom stereocenters. The van der Waals surface area contributed by atoms with Crippen molar-refractivity contribution < 1.29 is 14.3 Å². The van der Waals surface area contributed by atoms with E-state index in [1.807, 2.05) is 6.08 Å². The maximum absolute atomic E-state index is 11.1. The van der Waals surface area contributed by atoms with Crippen molar-refractivity contribution in [1.29, 1.82) is 0 Å². The molecule has 0 amide bonds. The Hall–Kier alpha value is -0.990. The van der Waals surface area contributed by atoms with Crippen LogP contribution in [0.15, 0.2) is 12.2 Å². The van der Waals surface area contributed by atoms with Gasteiger partial charge in [0, 0.05) is 6.42 Å². The SMILES string of the molecule is CCCCOC(=O)OC1CC=CCC1. The van der Waals surface area contributed by atoms with Gasteiger partial charge in [0.2, 0.25) is 0 Å². The molecule has 0 saturated carbocycles. The van der Waals surface area contributed by atoms with Gasteiger partial charge >= 0.3 is 6.16 Å². The molecule has 0 aromatic carbocycles. The molecule has 3 nitrogen and oxygen atoms in total. The van der Waals surface area contributed by atoms with E-state index >= 15 is 0 Å². The molecule has 0 aliphatic heterocycles. The van der Waals surface area contributed by atoms with Crippen LogP contribution in [0.1, 0.15) is 39.0 Å². The third kappa shape index (κ3) is 4.30. The Morgan fingerprint density at radius 3 is 3.00 bits per heavy atom. The monoisotopic (exact) mass is 198 g/mol. The van der Waals surface area contributed by atoms with Gasteiger partial charge in [0.25, 0.3) is 0 Å². The highest BCUT2D eigenvalue weighted by molar-refractivity contribution is 5.60. The average molecular weight is 198 g/mol. The number of carbonyl (C=O) groups is 1. The van der Waals surface area contributed by atoms with Gasteiger partial charge in [-0.1, -0.05) is 25.5 Å². The molecule has 1 aliphatic rings.